The third-order valence-corrected chi connectivity index (χ3v) is 2.41. The predicted molar refractivity (Wildman–Crippen MR) is 61.8 cm³/mol. The molecule has 0 unspecified atom stereocenters. The van der Waals surface area contributed by atoms with E-state index in [9.17, 15) is 4.79 Å². The summed E-state index contributed by atoms with van der Waals surface area (Å²) in [6.07, 6.45) is 8.30. The minimum atomic E-state index is -0.168. The largest absolute Gasteiger partial charge is 0.342 e. The molecule has 0 fully saturated rings. The van der Waals surface area contributed by atoms with Gasteiger partial charge in [0.15, 0.2) is 11.6 Å². The topological polar surface area (TPSA) is 79.4 Å². The van der Waals surface area contributed by atoms with Gasteiger partial charge in [-0.2, -0.15) is 0 Å². The number of nitrogens with zero attached hydrogens (tertiary/aromatic N) is 3. The van der Waals surface area contributed by atoms with E-state index in [1.54, 1.807) is 47.7 Å². The zero-order valence-corrected chi connectivity index (χ0v) is 8.79. The molecule has 2 N–H and O–H groups in total. The van der Waals surface area contributed by atoms with Gasteiger partial charge in [-0.05, 0) is 12.1 Å². The fourth-order valence-corrected chi connectivity index (χ4v) is 1.66. The summed E-state index contributed by atoms with van der Waals surface area (Å²) in [4.78, 5) is 25.6. The van der Waals surface area contributed by atoms with Crippen LogP contribution in [0.3, 0.4) is 0 Å². The molecule has 3 aromatic rings. The third kappa shape index (κ3) is 1.55. The molecule has 3 rings (SSSR count). The van der Waals surface area contributed by atoms with Gasteiger partial charge in [-0.25, -0.2) is 9.97 Å². The van der Waals surface area contributed by atoms with Crippen molar-refractivity contribution in [2.24, 2.45) is 0 Å². The van der Waals surface area contributed by atoms with E-state index >= 15 is 0 Å². The van der Waals surface area contributed by atoms with Gasteiger partial charge in [-0.15, -0.1) is 0 Å². The first-order valence-electron chi connectivity index (χ1n) is 5.07. The summed E-state index contributed by atoms with van der Waals surface area (Å²) >= 11 is 0. The predicted octanol–water partition coefficient (Wildman–Crippen LogP) is 0.951. The maximum Gasteiger partial charge on any atom is 0.272 e. The molecule has 0 bridgehead atoms. The smallest absolute Gasteiger partial charge is 0.272 e. The van der Waals surface area contributed by atoms with Crippen LogP contribution in [0.15, 0.2) is 47.9 Å². The highest BCUT2D eigenvalue weighted by Gasteiger charge is 2.11. The normalized spacial score (nSPS) is 10.6. The molecule has 6 heteroatoms. The molecule has 0 radical (unpaired) electrons. The Labute approximate surface area is 96.0 Å². The number of rotatable bonds is 2. The molecule has 3 aromatic heterocycles. The zero-order valence-electron chi connectivity index (χ0n) is 8.79. The van der Waals surface area contributed by atoms with Crippen molar-refractivity contribution in [1.82, 2.24) is 24.5 Å². The Morgan fingerprint density at radius 2 is 2.06 bits per heavy atom. The zero-order chi connectivity index (χ0) is 11.7. The summed E-state index contributed by atoms with van der Waals surface area (Å²) in [6.45, 7) is 0. The lowest BCUT2D eigenvalue weighted by molar-refractivity contribution is 1.00. The molecule has 0 atom stereocenters. The van der Waals surface area contributed by atoms with Crippen molar-refractivity contribution in [1.29, 1.82) is 0 Å². The summed E-state index contributed by atoms with van der Waals surface area (Å²) in [7, 11) is 0. The van der Waals surface area contributed by atoms with Gasteiger partial charge in [0.25, 0.3) is 5.56 Å². The second-order valence-electron chi connectivity index (χ2n) is 3.44. The van der Waals surface area contributed by atoms with Crippen LogP contribution in [-0.4, -0.2) is 24.5 Å². The van der Waals surface area contributed by atoms with E-state index in [4.69, 9.17) is 0 Å². The highest BCUT2D eigenvalue weighted by atomic mass is 16.1. The van der Waals surface area contributed by atoms with Crippen LogP contribution in [0.5, 0.6) is 0 Å². The van der Waals surface area contributed by atoms with Crippen LogP contribution >= 0.6 is 0 Å². The van der Waals surface area contributed by atoms with Crippen molar-refractivity contribution in [2.75, 3.05) is 0 Å². The maximum absolute atomic E-state index is 11.7. The lowest BCUT2D eigenvalue weighted by Gasteiger charge is -2.04. The third-order valence-electron chi connectivity index (χ3n) is 2.41. The van der Waals surface area contributed by atoms with Crippen LogP contribution in [0.4, 0.5) is 0 Å². The van der Waals surface area contributed by atoms with Gasteiger partial charge in [0.05, 0.1) is 0 Å². The van der Waals surface area contributed by atoms with Gasteiger partial charge >= 0.3 is 0 Å². The van der Waals surface area contributed by atoms with E-state index < -0.39 is 0 Å². The molecule has 0 saturated heterocycles. The number of aromatic nitrogens is 5. The molecule has 0 aliphatic rings. The first-order valence-corrected chi connectivity index (χ1v) is 5.07. The fraction of sp³-hybridized carbons (Fsp3) is 0. The first kappa shape index (κ1) is 9.59. The Kier molecular flexibility index (Phi) is 2.11. The van der Waals surface area contributed by atoms with Gasteiger partial charge in [-0.1, -0.05) is 0 Å². The Balaban J connectivity index is 2.21. The van der Waals surface area contributed by atoms with E-state index in [-0.39, 0.29) is 5.56 Å². The van der Waals surface area contributed by atoms with Crippen molar-refractivity contribution < 1.29 is 0 Å². The average molecular weight is 227 g/mol. The highest BCUT2D eigenvalue weighted by Crippen LogP contribution is 2.14. The molecule has 0 saturated carbocycles. The van der Waals surface area contributed by atoms with Crippen molar-refractivity contribution >= 4 is 0 Å². The number of hydrogen-bond acceptors (Lipinski definition) is 3. The van der Waals surface area contributed by atoms with E-state index in [0.29, 0.717) is 17.3 Å². The van der Waals surface area contributed by atoms with E-state index in [1.165, 1.54) is 0 Å². The van der Waals surface area contributed by atoms with Gasteiger partial charge in [0.1, 0.15) is 5.69 Å². The van der Waals surface area contributed by atoms with Crippen LogP contribution in [0.2, 0.25) is 0 Å². The standard InChI is InChI=1S/C11H9N5O/c17-11-8(2-1-3-15-11)16-7-6-14-10(16)9-12-4-5-13-9/h1-7H,(H,12,13)(H,15,17). The molecule has 6 nitrogen and oxygen atoms in total. The van der Waals surface area contributed by atoms with Crippen molar-refractivity contribution in [3.63, 3.8) is 0 Å². The molecule has 17 heavy (non-hydrogen) atoms. The van der Waals surface area contributed by atoms with Crippen molar-refractivity contribution in [3.05, 3.63) is 53.5 Å². The maximum atomic E-state index is 11.7. The number of hydrogen-bond donors (Lipinski definition) is 2. The van der Waals surface area contributed by atoms with Crippen LogP contribution < -0.4 is 5.56 Å². The second kappa shape index (κ2) is 3.75. The van der Waals surface area contributed by atoms with Gasteiger partial charge in [0, 0.05) is 31.0 Å². The minimum Gasteiger partial charge on any atom is -0.342 e. The van der Waals surface area contributed by atoms with Crippen molar-refractivity contribution in [2.45, 2.75) is 0 Å². The number of nitrogens with one attached hydrogen (secondary N) is 2. The lowest BCUT2D eigenvalue weighted by Crippen LogP contribution is -2.13. The lowest BCUT2D eigenvalue weighted by atomic mass is 10.4. The number of H-pyrrole nitrogens is 2. The number of pyridine rings is 1. The number of imidazole rings is 2. The quantitative estimate of drug-likeness (QED) is 0.684. The van der Waals surface area contributed by atoms with Crippen LogP contribution in [0.25, 0.3) is 17.3 Å². The van der Waals surface area contributed by atoms with E-state index in [2.05, 4.69) is 19.9 Å². The number of aromatic amines is 2. The summed E-state index contributed by atoms with van der Waals surface area (Å²) < 4.78 is 1.69. The van der Waals surface area contributed by atoms with Crippen LogP contribution in [-0.2, 0) is 0 Å². The summed E-state index contributed by atoms with van der Waals surface area (Å²) in [5, 5.41) is 0. The van der Waals surface area contributed by atoms with Gasteiger partial charge < -0.3 is 9.97 Å². The van der Waals surface area contributed by atoms with Gasteiger partial charge in [-0.3, -0.25) is 9.36 Å². The molecule has 3 heterocycles. The minimum absolute atomic E-state index is 0.168. The SMILES string of the molecule is O=c1[nH]cccc1-n1ccnc1-c1ncc[nH]1. The summed E-state index contributed by atoms with van der Waals surface area (Å²) in [5.41, 5.74) is 0.342. The molecule has 0 amide bonds. The molecule has 84 valence electrons. The molecule has 0 aliphatic carbocycles. The molecular weight excluding hydrogens is 218 g/mol. The molecule has 0 aliphatic heterocycles. The highest BCUT2D eigenvalue weighted by molar-refractivity contribution is 5.49. The summed E-state index contributed by atoms with van der Waals surface area (Å²) in [6, 6.07) is 3.50. The van der Waals surface area contributed by atoms with Crippen molar-refractivity contribution in [3.8, 4) is 17.3 Å². The second-order valence-corrected chi connectivity index (χ2v) is 3.44. The monoisotopic (exact) mass is 227 g/mol. The Morgan fingerprint density at radius 1 is 1.12 bits per heavy atom. The Morgan fingerprint density at radius 3 is 2.82 bits per heavy atom. The Bertz CT molecular complexity index is 680. The van der Waals surface area contributed by atoms with Gasteiger partial charge in [0.2, 0.25) is 0 Å². The first-order chi connectivity index (χ1) is 8.36. The molecular formula is C11H9N5O. The Hall–Kier alpha value is -2.63. The van der Waals surface area contributed by atoms with Crippen LogP contribution in [0, 0.1) is 0 Å². The average Bonchev–Trinajstić information content (AvgIpc) is 3.00. The van der Waals surface area contributed by atoms with E-state index in [0.717, 1.165) is 0 Å². The van der Waals surface area contributed by atoms with E-state index in [1.807, 2.05) is 0 Å². The molecule has 0 spiro atoms. The molecule has 0 aromatic carbocycles. The summed E-state index contributed by atoms with van der Waals surface area (Å²) in [5.74, 6) is 1.23. The fourth-order valence-electron chi connectivity index (χ4n) is 1.66. The van der Waals surface area contributed by atoms with Crippen LogP contribution in [0.1, 0.15) is 0 Å².